The van der Waals surface area contributed by atoms with Gasteiger partial charge in [0, 0.05) is 5.54 Å². The van der Waals surface area contributed by atoms with Gasteiger partial charge in [-0.15, -0.1) is 0 Å². The number of hydrogen-bond donors (Lipinski definition) is 2. The van der Waals surface area contributed by atoms with Crippen molar-refractivity contribution >= 4 is 23.3 Å². The van der Waals surface area contributed by atoms with Gasteiger partial charge in [-0.05, 0) is 39.9 Å². The average Bonchev–Trinajstić information content (AvgIpc) is 2.98. The summed E-state index contributed by atoms with van der Waals surface area (Å²) in [7, 11) is 0. The summed E-state index contributed by atoms with van der Waals surface area (Å²) in [6, 6.07) is 8.88. The van der Waals surface area contributed by atoms with E-state index in [9.17, 15) is 0 Å². The summed E-state index contributed by atoms with van der Waals surface area (Å²) in [5.41, 5.74) is 6.34. The molecular formula is C18H25ClO3. The Labute approximate surface area is 137 Å². The lowest BCUT2D eigenvalue weighted by Gasteiger charge is -2.19. The SMILES string of the molecule is CC(C)(C)c1ccc(C(=CCl)C2CC2(C)C)cc1.O=C(O)O. The van der Waals surface area contributed by atoms with Crippen molar-refractivity contribution in [2.75, 3.05) is 0 Å². The van der Waals surface area contributed by atoms with E-state index in [-0.39, 0.29) is 5.41 Å². The Kier molecular flexibility index (Phi) is 5.69. The molecule has 0 spiro atoms. The molecule has 4 heteroatoms. The van der Waals surface area contributed by atoms with E-state index in [0.29, 0.717) is 11.3 Å². The molecule has 1 atom stereocenters. The fourth-order valence-electron chi connectivity index (χ4n) is 2.50. The lowest BCUT2D eigenvalue weighted by atomic mass is 9.86. The third kappa shape index (κ3) is 5.06. The van der Waals surface area contributed by atoms with Crippen LogP contribution >= 0.6 is 11.6 Å². The van der Waals surface area contributed by atoms with E-state index in [4.69, 9.17) is 26.6 Å². The van der Waals surface area contributed by atoms with E-state index < -0.39 is 6.16 Å². The van der Waals surface area contributed by atoms with Gasteiger partial charge in [0.1, 0.15) is 0 Å². The molecular weight excluding hydrogens is 300 g/mol. The molecule has 0 saturated heterocycles. The Morgan fingerprint density at radius 1 is 1.23 bits per heavy atom. The molecule has 1 aliphatic carbocycles. The summed E-state index contributed by atoms with van der Waals surface area (Å²) in [5, 5.41) is 13.9. The first-order valence-electron chi connectivity index (χ1n) is 7.32. The molecule has 0 bridgehead atoms. The standard InChI is InChI=1S/C17H23Cl.CH2O3/c1-16(2,3)13-8-6-12(7-9-13)14(11-18)15-10-17(15,4)5;2-1(3)4/h6-9,11,15H,10H2,1-5H3;(H2,2,3,4). The molecule has 0 heterocycles. The van der Waals surface area contributed by atoms with Gasteiger partial charge in [-0.3, -0.25) is 0 Å². The lowest BCUT2D eigenvalue weighted by molar-refractivity contribution is 0.137. The van der Waals surface area contributed by atoms with Crippen molar-refractivity contribution in [3.63, 3.8) is 0 Å². The maximum Gasteiger partial charge on any atom is 0.503 e. The second-order valence-electron chi connectivity index (χ2n) is 7.42. The molecule has 2 N–H and O–H groups in total. The van der Waals surface area contributed by atoms with Crippen LogP contribution in [0.2, 0.25) is 0 Å². The van der Waals surface area contributed by atoms with Gasteiger partial charge in [0.25, 0.3) is 0 Å². The van der Waals surface area contributed by atoms with Crippen LogP contribution in [0.3, 0.4) is 0 Å². The van der Waals surface area contributed by atoms with E-state index >= 15 is 0 Å². The molecule has 1 aromatic carbocycles. The number of carboxylic acid groups (broad SMARTS) is 2. The molecule has 122 valence electrons. The van der Waals surface area contributed by atoms with E-state index in [1.165, 1.54) is 23.1 Å². The van der Waals surface area contributed by atoms with Crippen molar-refractivity contribution in [3.8, 4) is 0 Å². The van der Waals surface area contributed by atoms with E-state index in [0.717, 1.165) is 0 Å². The molecule has 0 aliphatic heterocycles. The molecule has 0 aromatic heterocycles. The van der Waals surface area contributed by atoms with Crippen molar-refractivity contribution in [2.24, 2.45) is 11.3 Å². The highest BCUT2D eigenvalue weighted by molar-refractivity contribution is 6.28. The molecule has 1 saturated carbocycles. The largest absolute Gasteiger partial charge is 0.503 e. The summed E-state index contributed by atoms with van der Waals surface area (Å²) < 4.78 is 0. The minimum absolute atomic E-state index is 0.211. The highest BCUT2D eigenvalue weighted by atomic mass is 35.5. The fraction of sp³-hybridized carbons (Fsp3) is 0.500. The molecule has 1 fully saturated rings. The average molecular weight is 325 g/mol. The number of halogens is 1. The Hall–Kier alpha value is -1.48. The first kappa shape index (κ1) is 18.6. The van der Waals surface area contributed by atoms with E-state index in [1.54, 1.807) is 5.54 Å². The summed E-state index contributed by atoms with van der Waals surface area (Å²) >= 11 is 6.03. The molecule has 0 amide bonds. The van der Waals surface area contributed by atoms with Crippen molar-refractivity contribution in [1.82, 2.24) is 0 Å². The van der Waals surface area contributed by atoms with Crippen LogP contribution in [0, 0.1) is 11.3 Å². The van der Waals surface area contributed by atoms with Gasteiger partial charge in [-0.1, -0.05) is 70.5 Å². The zero-order valence-electron chi connectivity index (χ0n) is 13.9. The smallest absolute Gasteiger partial charge is 0.450 e. The topological polar surface area (TPSA) is 57.5 Å². The number of allylic oxidation sites excluding steroid dienone is 1. The van der Waals surface area contributed by atoms with Crippen LogP contribution in [0.25, 0.3) is 5.57 Å². The van der Waals surface area contributed by atoms with Crippen molar-refractivity contribution in [1.29, 1.82) is 0 Å². The fourth-order valence-corrected chi connectivity index (χ4v) is 2.78. The van der Waals surface area contributed by atoms with Crippen LogP contribution in [-0.2, 0) is 5.41 Å². The van der Waals surface area contributed by atoms with Crippen LogP contribution in [0.5, 0.6) is 0 Å². The van der Waals surface area contributed by atoms with Gasteiger partial charge in [0.05, 0.1) is 0 Å². The molecule has 2 rings (SSSR count). The number of hydrogen-bond acceptors (Lipinski definition) is 1. The van der Waals surface area contributed by atoms with Crippen molar-refractivity contribution in [3.05, 3.63) is 40.9 Å². The molecule has 3 nitrogen and oxygen atoms in total. The summed E-state index contributed by atoms with van der Waals surface area (Å²) in [4.78, 5) is 8.56. The van der Waals surface area contributed by atoms with Gasteiger partial charge in [0.2, 0.25) is 0 Å². The van der Waals surface area contributed by atoms with Gasteiger partial charge in [0.15, 0.2) is 0 Å². The van der Waals surface area contributed by atoms with Crippen LogP contribution in [0.1, 0.15) is 52.2 Å². The van der Waals surface area contributed by atoms with Crippen LogP contribution in [0.15, 0.2) is 29.8 Å². The number of carbonyl (C=O) groups is 1. The molecule has 1 aliphatic rings. The Balaban J connectivity index is 0.000000541. The second-order valence-corrected chi connectivity index (χ2v) is 7.64. The summed E-state index contributed by atoms with van der Waals surface area (Å²) in [5.74, 6) is 0.621. The second kappa shape index (κ2) is 6.74. The normalized spacial score (nSPS) is 19.9. The number of benzene rings is 1. The van der Waals surface area contributed by atoms with Crippen molar-refractivity contribution < 1.29 is 15.0 Å². The van der Waals surface area contributed by atoms with Gasteiger partial charge >= 0.3 is 6.16 Å². The Bertz CT molecular complexity index is 547. The van der Waals surface area contributed by atoms with Gasteiger partial charge < -0.3 is 10.2 Å². The maximum absolute atomic E-state index is 8.56. The highest BCUT2D eigenvalue weighted by Gasteiger charge is 2.47. The number of rotatable bonds is 2. The maximum atomic E-state index is 8.56. The Morgan fingerprint density at radius 2 is 1.64 bits per heavy atom. The molecule has 1 unspecified atom stereocenters. The molecule has 1 aromatic rings. The minimum Gasteiger partial charge on any atom is -0.450 e. The zero-order valence-corrected chi connectivity index (χ0v) is 14.6. The van der Waals surface area contributed by atoms with Crippen LogP contribution in [-0.4, -0.2) is 16.4 Å². The van der Waals surface area contributed by atoms with Crippen LogP contribution < -0.4 is 0 Å². The first-order chi connectivity index (χ1) is 9.99. The lowest BCUT2D eigenvalue weighted by Crippen LogP contribution is -2.10. The monoisotopic (exact) mass is 324 g/mol. The minimum atomic E-state index is -1.83. The van der Waals surface area contributed by atoms with Crippen LogP contribution in [0.4, 0.5) is 4.79 Å². The third-order valence-electron chi connectivity index (χ3n) is 4.09. The van der Waals surface area contributed by atoms with E-state index in [1.807, 2.05) is 0 Å². The van der Waals surface area contributed by atoms with E-state index in [2.05, 4.69) is 58.9 Å². The first-order valence-corrected chi connectivity index (χ1v) is 7.76. The quantitative estimate of drug-likeness (QED) is 0.719. The van der Waals surface area contributed by atoms with Crippen molar-refractivity contribution in [2.45, 2.75) is 46.5 Å². The van der Waals surface area contributed by atoms with Gasteiger partial charge in [-0.2, -0.15) is 0 Å². The summed E-state index contributed by atoms with van der Waals surface area (Å²) in [6.45, 7) is 11.3. The highest BCUT2D eigenvalue weighted by Crippen LogP contribution is 2.58. The third-order valence-corrected chi connectivity index (χ3v) is 4.33. The predicted octanol–water partition coefficient (Wildman–Crippen LogP) is 5.83. The zero-order chi connectivity index (χ0) is 17.1. The predicted molar refractivity (Wildman–Crippen MR) is 91.5 cm³/mol. The molecule has 22 heavy (non-hydrogen) atoms. The molecule has 0 radical (unpaired) electrons. The van der Waals surface area contributed by atoms with Gasteiger partial charge in [-0.25, -0.2) is 4.79 Å². The summed E-state index contributed by atoms with van der Waals surface area (Å²) in [6.07, 6.45) is -0.591. The Morgan fingerprint density at radius 3 is 1.91 bits per heavy atom.